The largest absolute Gasteiger partial charge is 0.431 e. The number of aliphatic hydroxyl groups is 1. The maximum atomic E-state index is 11.4. The number of hydrogen-bond acceptors (Lipinski definition) is 4. The summed E-state index contributed by atoms with van der Waals surface area (Å²) in [7, 11) is 0. The van der Waals surface area contributed by atoms with Crippen molar-refractivity contribution in [1.29, 1.82) is 0 Å². The van der Waals surface area contributed by atoms with E-state index in [-0.39, 0.29) is 0 Å². The van der Waals surface area contributed by atoms with Crippen LogP contribution in [-0.2, 0) is 14.3 Å². The van der Waals surface area contributed by atoms with Crippen molar-refractivity contribution in [2.75, 3.05) is 0 Å². The molecule has 0 aromatic heterocycles. The third-order valence-electron chi connectivity index (χ3n) is 2.22. The molecule has 4 heteroatoms. The summed E-state index contributed by atoms with van der Waals surface area (Å²) in [6.45, 7) is 6.65. The van der Waals surface area contributed by atoms with Gasteiger partial charge in [0.25, 0.3) is 0 Å². The molecule has 0 aliphatic carbocycles. The molecule has 1 aliphatic rings. The number of esters is 1. The van der Waals surface area contributed by atoms with E-state index in [2.05, 4.69) is 0 Å². The van der Waals surface area contributed by atoms with Crippen molar-refractivity contribution < 1.29 is 19.4 Å². The van der Waals surface area contributed by atoms with Crippen LogP contribution in [0, 0.1) is 0 Å². The zero-order chi connectivity index (χ0) is 10.3. The summed E-state index contributed by atoms with van der Waals surface area (Å²) in [4.78, 5) is 11.4. The molecule has 2 atom stereocenters. The van der Waals surface area contributed by atoms with E-state index < -0.39 is 23.5 Å². The SMILES string of the molecule is CC[C@H](O)[C@]1(C)OC(C)(C)OC1=O. The molecule has 0 bridgehead atoms. The van der Waals surface area contributed by atoms with Crippen LogP contribution in [0.2, 0.25) is 0 Å². The minimum atomic E-state index is -1.21. The monoisotopic (exact) mass is 188 g/mol. The average molecular weight is 188 g/mol. The maximum Gasteiger partial charge on any atom is 0.343 e. The Labute approximate surface area is 77.8 Å². The highest BCUT2D eigenvalue weighted by Gasteiger charge is 2.54. The molecule has 0 aromatic carbocycles. The zero-order valence-corrected chi connectivity index (χ0v) is 8.46. The molecule has 4 nitrogen and oxygen atoms in total. The van der Waals surface area contributed by atoms with E-state index in [1.54, 1.807) is 27.7 Å². The molecule has 0 amide bonds. The predicted octanol–water partition coefficient (Wildman–Crippen LogP) is 0.825. The van der Waals surface area contributed by atoms with Crippen LogP contribution in [0.1, 0.15) is 34.1 Å². The van der Waals surface area contributed by atoms with E-state index in [0.717, 1.165) is 0 Å². The first kappa shape index (κ1) is 10.5. The Morgan fingerprint density at radius 2 is 2.00 bits per heavy atom. The molecule has 0 saturated carbocycles. The minimum absolute atomic E-state index is 0.460. The first-order chi connectivity index (χ1) is 5.82. The second-order valence-corrected chi connectivity index (χ2v) is 3.92. The lowest BCUT2D eigenvalue weighted by atomic mass is 9.97. The Morgan fingerprint density at radius 1 is 1.46 bits per heavy atom. The third kappa shape index (κ3) is 1.69. The average Bonchev–Trinajstić information content (AvgIpc) is 2.20. The summed E-state index contributed by atoms with van der Waals surface area (Å²) in [5.41, 5.74) is -1.21. The maximum absolute atomic E-state index is 11.4. The molecule has 1 heterocycles. The zero-order valence-electron chi connectivity index (χ0n) is 8.46. The van der Waals surface area contributed by atoms with Crippen LogP contribution >= 0.6 is 0 Å². The number of carbonyl (C=O) groups is 1. The molecule has 1 fully saturated rings. The van der Waals surface area contributed by atoms with Crippen molar-refractivity contribution in [2.45, 2.75) is 51.6 Å². The number of cyclic esters (lactones) is 1. The summed E-state index contributed by atoms with van der Waals surface area (Å²) in [6, 6.07) is 0. The number of ether oxygens (including phenoxy) is 2. The van der Waals surface area contributed by atoms with E-state index >= 15 is 0 Å². The summed E-state index contributed by atoms with van der Waals surface area (Å²) in [5.74, 6) is -1.42. The van der Waals surface area contributed by atoms with Gasteiger partial charge in [0.1, 0.15) is 0 Å². The molecule has 0 radical (unpaired) electrons. The van der Waals surface area contributed by atoms with Crippen molar-refractivity contribution in [3.8, 4) is 0 Å². The van der Waals surface area contributed by atoms with Gasteiger partial charge in [0.15, 0.2) is 5.60 Å². The van der Waals surface area contributed by atoms with Gasteiger partial charge in [-0.2, -0.15) is 0 Å². The van der Waals surface area contributed by atoms with Gasteiger partial charge in [0.05, 0.1) is 6.10 Å². The first-order valence-corrected chi connectivity index (χ1v) is 4.43. The van der Waals surface area contributed by atoms with Crippen molar-refractivity contribution in [2.24, 2.45) is 0 Å². The van der Waals surface area contributed by atoms with E-state index in [1.807, 2.05) is 0 Å². The summed E-state index contributed by atoms with van der Waals surface area (Å²) < 4.78 is 10.3. The lowest BCUT2D eigenvalue weighted by molar-refractivity contribution is -0.179. The molecule has 76 valence electrons. The van der Waals surface area contributed by atoms with Crippen LogP contribution in [0.5, 0.6) is 0 Å². The Hall–Kier alpha value is -0.610. The van der Waals surface area contributed by atoms with E-state index in [1.165, 1.54) is 0 Å². The third-order valence-corrected chi connectivity index (χ3v) is 2.22. The van der Waals surface area contributed by atoms with E-state index in [4.69, 9.17) is 9.47 Å². The number of rotatable bonds is 2. The summed E-state index contributed by atoms with van der Waals surface area (Å²) in [5, 5.41) is 9.59. The van der Waals surface area contributed by atoms with Crippen molar-refractivity contribution >= 4 is 5.97 Å². The van der Waals surface area contributed by atoms with Crippen LogP contribution in [0.15, 0.2) is 0 Å². The lowest BCUT2D eigenvalue weighted by Gasteiger charge is -2.25. The fourth-order valence-electron chi connectivity index (χ4n) is 1.49. The van der Waals surface area contributed by atoms with Crippen molar-refractivity contribution in [1.82, 2.24) is 0 Å². The minimum Gasteiger partial charge on any atom is -0.431 e. The van der Waals surface area contributed by atoms with Gasteiger partial charge >= 0.3 is 5.97 Å². The van der Waals surface area contributed by atoms with Crippen LogP contribution in [-0.4, -0.2) is 28.6 Å². The Balaban J connectivity index is 2.87. The second kappa shape index (κ2) is 2.96. The summed E-state index contributed by atoms with van der Waals surface area (Å²) >= 11 is 0. The van der Waals surface area contributed by atoms with E-state index in [9.17, 15) is 9.90 Å². The number of hydrogen-bond donors (Lipinski definition) is 1. The van der Waals surface area contributed by atoms with Gasteiger partial charge < -0.3 is 14.6 Å². The quantitative estimate of drug-likeness (QED) is 0.652. The number of aliphatic hydroxyl groups excluding tert-OH is 1. The fraction of sp³-hybridized carbons (Fsp3) is 0.889. The normalized spacial score (nSPS) is 34.4. The lowest BCUT2D eigenvalue weighted by Crippen LogP contribution is -2.45. The highest BCUT2D eigenvalue weighted by molar-refractivity contribution is 5.81. The Bertz CT molecular complexity index is 224. The van der Waals surface area contributed by atoms with Gasteiger partial charge in [-0.15, -0.1) is 0 Å². The molecular formula is C9H16O4. The predicted molar refractivity (Wildman–Crippen MR) is 46.0 cm³/mol. The van der Waals surface area contributed by atoms with Crippen LogP contribution in [0.4, 0.5) is 0 Å². The highest BCUT2D eigenvalue weighted by atomic mass is 16.8. The molecular weight excluding hydrogens is 172 g/mol. The fourth-order valence-corrected chi connectivity index (χ4v) is 1.49. The second-order valence-electron chi connectivity index (χ2n) is 3.92. The first-order valence-electron chi connectivity index (χ1n) is 4.43. The van der Waals surface area contributed by atoms with Crippen molar-refractivity contribution in [3.05, 3.63) is 0 Å². The van der Waals surface area contributed by atoms with Crippen molar-refractivity contribution in [3.63, 3.8) is 0 Å². The number of carbonyl (C=O) groups excluding carboxylic acids is 1. The molecule has 13 heavy (non-hydrogen) atoms. The Kier molecular flexibility index (Phi) is 2.38. The molecule has 1 saturated heterocycles. The van der Waals surface area contributed by atoms with Gasteiger partial charge in [-0.05, 0) is 13.3 Å². The smallest absolute Gasteiger partial charge is 0.343 e. The Morgan fingerprint density at radius 3 is 2.31 bits per heavy atom. The van der Waals surface area contributed by atoms with Gasteiger partial charge in [-0.3, -0.25) is 0 Å². The van der Waals surface area contributed by atoms with Gasteiger partial charge in [-0.1, -0.05) is 6.92 Å². The van der Waals surface area contributed by atoms with Gasteiger partial charge in [0.2, 0.25) is 5.79 Å². The highest BCUT2D eigenvalue weighted by Crippen LogP contribution is 2.35. The van der Waals surface area contributed by atoms with Crippen LogP contribution < -0.4 is 0 Å². The van der Waals surface area contributed by atoms with E-state index in [0.29, 0.717) is 6.42 Å². The van der Waals surface area contributed by atoms with Gasteiger partial charge in [-0.25, -0.2) is 4.79 Å². The summed E-state index contributed by atoms with van der Waals surface area (Å²) in [6.07, 6.45) is -0.358. The molecule has 0 unspecified atom stereocenters. The topological polar surface area (TPSA) is 55.8 Å². The van der Waals surface area contributed by atoms with Crippen LogP contribution in [0.3, 0.4) is 0 Å². The van der Waals surface area contributed by atoms with Gasteiger partial charge in [0, 0.05) is 13.8 Å². The molecule has 1 rings (SSSR count). The molecule has 0 spiro atoms. The molecule has 1 N–H and O–H groups in total. The molecule has 1 aliphatic heterocycles. The molecule has 0 aromatic rings. The standard InChI is InChI=1S/C9H16O4/c1-5-6(10)9(4)7(11)12-8(2,3)13-9/h6,10H,5H2,1-4H3/t6-,9-/m0/s1. The van der Waals surface area contributed by atoms with Crippen LogP contribution in [0.25, 0.3) is 0 Å².